The van der Waals surface area contributed by atoms with Crippen LogP contribution in [-0.2, 0) is 9.59 Å². The van der Waals surface area contributed by atoms with Crippen molar-refractivity contribution in [3.63, 3.8) is 0 Å². The number of ether oxygens (including phenoxy) is 2. The molecular formula is C20H22N2O4. The number of aryl methyl sites for hydroxylation is 2. The molecule has 0 aromatic heterocycles. The van der Waals surface area contributed by atoms with E-state index in [4.69, 9.17) is 9.47 Å². The molecule has 2 aromatic carbocycles. The molecule has 0 saturated heterocycles. The van der Waals surface area contributed by atoms with Gasteiger partial charge in [-0.3, -0.25) is 9.59 Å². The third kappa shape index (κ3) is 3.64. The van der Waals surface area contributed by atoms with Gasteiger partial charge in [-0.15, -0.1) is 0 Å². The summed E-state index contributed by atoms with van der Waals surface area (Å²) in [6.07, 6.45) is -0.750. The van der Waals surface area contributed by atoms with E-state index in [0.29, 0.717) is 17.2 Å². The maximum Gasteiger partial charge on any atom is 0.265 e. The minimum Gasteiger partial charge on any atom is -0.484 e. The van der Waals surface area contributed by atoms with Gasteiger partial charge in [-0.25, -0.2) is 0 Å². The second kappa shape index (κ2) is 7.47. The summed E-state index contributed by atoms with van der Waals surface area (Å²) < 4.78 is 11.4. The van der Waals surface area contributed by atoms with Gasteiger partial charge in [-0.1, -0.05) is 18.2 Å². The van der Waals surface area contributed by atoms with E-state index in [1.165, 1.54) is 5.56 Å². The molecule has 1 atom stereocenters. The molecule has 1 heterocycles. The molecule has 3 rings (SSSR count). The van der Waals surface area contributed by atoms with Gasteiger partial charge in [0.2, 0.25) is 0 Å². The molecule has 2 aromatic rings. The predicted molar refractivity (Wildman–Crippen MR) is 98.7 cm³/mol. The van der Waals surface area contributed by atoms with Gasteiger partial charge in [0, 0.05) is 7.05 Å². The Hall–Kier alpha value is -3.02. The van der Waals surface area contributed by atoms with Crippen molar-refractivity contribution >= 4 is 17.5 Å². The zero-order valence-electron chi connectivity index (χ0n) is 15.1. The molecule has 1 aliphatic rings. The monoisotopic (exact) mass is 354 g/mol. The summed E-state index contributed by atoms with van der Waals surface area (Å²) in [4.78, 5) is 26.3. The Kier molecular flexibility index (Phi) is 5.11. The van der Waals surface area contributed by atoms with Crippen LogP contribution in [0.1, 0.15) is 11.1 Å². The summed E-state index contributed by atoms with van der Waals surface area (Å²) in [5.74, 6) is 0.651. The standard InChI is InChI=1S/C20H22N2O4/c1-13-8-9-15(10-14(13)2)25-12-19(23)22-11-18(20(24)21-3)26-17-7-5-4-6-16(17)22/h4-10,18H,11-12H2,1-3H3,(H,21,24)/t18-/m1/s1. The number of hydrogen-bond donors (Lipinski definition) is 1. The van der Waals surface area contributed by atoms with Crippen LogP contribution in [0.25, 0.3) is 0 Å². The highest BCUT2D eigenvalue weighted by Crippen LogP contribution is 2.33. The van der Waals surface area contributed by atoms with Crippen LogP contribution in [0.15, 0.2) is 42.5 Å². The zero-order chi connectivity index (χ0) is 18.7. The molecule has 0 unspecified atom stereocenters. The van der Waals surface area contributed by atoms with Gasteiger partial charge in [0.05, 0.1) is 12.2 Å². The summed E-state index contributed by atoms with van der Waals surface area (Å²) in [7, 11) is 1.54. The zero-order valence-corrected chi connectivity index (χ0v) is 15.1. The van der Waals surface area contributed by atoms with Crippen molar-refractivity contribution in [1.82, 2.24) is 5.32 Å². The second-order valence-corrected chi connectivity index (χ2v) is 6.23. The molecule has 136 valence electrons. The number of hydrogen-bond acceptors (Lipinski definition) is 4. The Morgan fingerprint density at radius 3 is 2.69 bits per heavy atom. The average Bonchev–Trinajstić information content (AvgIpc) is 2.67. The van der Waals surface area contributed by atoms with E-state index in [-0.39, 0.29) is 25.0 Å². The third-order valence-corrected chi connectivity index (χ3v) is 4.45. The molecule has 2 amide bonds. The highest BCUT2D eigenvalue weighted by atomic mass is 16.5. The minimum absolute atomic E-state index is 0.114. The quantitative estimate of drug-likeness (QED) is 0.914. The summed E-state index contributed by atoms with van der Waals surface area (Å²) in [6.45, 7) is 4.05. The SMILES string of the molecule is CNC(=O)[C@H]1CN(C(=O)COc2ccc(C)c(C)c2)c2ccccc2O1. The van der Waals surface area contributed by atoms with E-state index in [1.54, 1.807) is 30.1 Å². The van der Waals surface area contributed by atoms with Gasteiger partial charge in [-0.05, 0) is 49.2 Å². The Morgan fingerprint density at radius 1 is 1.19 bits per heavy atom. The van der Waals surface area contributed by atoms with Crippen LogP contribution in [0.2, 0.25) is 0 Å². The minimum atomic E-state index is -0.750. The maximum atomic E-state index is 12.8. The first-order chi connectivity index (χ1) is 12.5. The molecular weight excluding hydrogens is 332 g/mol. The van der Waals surface area contributed by atoms with Crippen LogP contribution in [-0.4, -0.2) is 38.1 Å². The maximum absolute atomic E-state index is 12.8. The number of anilines is 1. The van der Waals surface area contributed by atoms with Crippen LogP contribution < -0.4 is 19.7 Å². The summed E-state index contributed by atoms with van der Waals surface area (Å²) >= 11 is 0. The fourth-order valence-corrected chi connectivity index (χ4v) is 2.79. The van der Waals surface area contributed by atoms with Crippen molar-refractivity contribution in [2.45, 2.75) is 20.0 Å². The summed E-state index contributed by atoms with van der Waals surface area (Å²) in [5.41, 5.74) is 2.91. The third-order valence-electron chi connectivity index (χ3n) is 4.45. The molecule has 6 heteroatoms. The van der Waals surface area contributed by atoms with Crippen LogP contribution in [0.4, 0.5) is 5.69 Å². The molecule has 26 heavy (non-hydrogen) atoms. The van der Waals surface area contributed by atoms with Gasteiger partial charge >= 0.3 is 0 Å². The predicted octanol–water partition coefficient (Wildman–Crippen LogP) is 2.22. The van der Waals surface area contributed by atoms with Crippen molar-refractivity contribution in [3.8, 4) is 11.5 Å². The first-order valence-electron chi connectivity index (χ1n) is 8.47. The van der Waals surface area contributed by atoms with Crippen molar-refractivity contribution in [3.05, 3.63) is 53.6 Å². The van der Waals surface area contributed by atoms with E-state index < -0.39 is 6.10 Å². The van der Waals surface area contributed by atoms with Gasteiger partial charge in [0.1, 0.15) is 11.5 Å². The Morgan fingerprint density at radius 2 is 1.96 bits per heavy atom. The first-order valence-corrected chi connectivity index (χ1v) is 8.47. The fourth-order valence-electron chi connectivity index (χ4n) is 2.79. The Labute approximate surface area is 152 Å². The number of carbonyl (C=O) groups excluding carboxylic acids is 2. The van der Waals surface area contributed by atoms with E-state index in [2.05, 4.69) is 5.32 Å². The lowest BCUT2D eigenvalue weighted by molar-refractivity contribution is -0.128. The van der Waals surface area contributed by atoms with Gasteiger partial charge in [0.25, 0.3) is 11.8 Å². The van der Waals surface area contributed by atoms with E-state index in [0.717, 1.165) is 5.56 Å². The number of nitrogens with zero attached hydrogens (tertiary/aromatic N) is 1. The number of fused-ring (bicyclic) bond motifs is 1. The lowest BCUT2D eigenvalue weighted by atomic mass is 10.1. The Balaban J connectivity index is 1.76. The molecule has 0 aliphatic carbocycles. The van der Waals surface area contributed by atoms with Crippen LogP contribution in [0.5, 0.6) is 11.5 Å². The number of rotatable bonds is 4. The van der Waals surface area contributed by atoms with E-state index in [9.17, 15) is 9.59 Å². The van der Waals surface area contributed by atoms with Crippen molar-refractivity contribution in [2.75, 3.05) is 25.1 Å². The largest absolute Gasteiger partial charge is 0.484 e. The molecule has 0 saturated carbocycles. The van der Waals surface area contributed by atoms with E-state index in [1.807, 2.05) is 38.1 Å². The topological polar surface area (TPSA) is 67.9 Å². The van der Waals surface area contributed by atoms with Gasteiger partial charge in [-0.2, -0.15) is 0 Å². The molecule has 0 fully saturated rings. The number of carbonyl (C=O) groups is 2. The summed E-state index contributed by atoms with van der Waals surface area (Å²) in [6, 6.07) is 12.9. The number of amides is 2. The number of nitrogens with one attached hydrogen (secondary N) is 1. The van der Waals surface area contributed by atoms with Crippen LogP contribution in [0, 0.1) is 13.8 Å². The smallest absolute Gasteiger partial charge is 0.265 e. The highest BCUT2D eigenvalue weighted by molar-refractivity contribution is 5.98. The van der Waals surface area contributed by atoms with Crippen LogP contribution in [0.3, 0.4) is 0 Å². The first kappa shape index (κ1) is 17.8. The number of para-hydroxylation sites is 2. The molecule has 1 N–H and O–H groups in total. The van der Waals surface area contributed by atoms with Gasteiger partial charge < -0.3 is 19.7 Å². The number of benzene rings is 2. The summed E-state index contributed by atoms with van der Waals surface area (Å²) in [5, 5.41) is 2.56. The molecule has 0 radical (unpaired) electrons. The highest BCUT2D eigenvalue weighted by Gasteiger charge is 2.33. The molecule has 1 aliphatic heterocycles. The average molecular weight is 354 g/mol. The normalized spacial score (nSPS) is 15.7. The fraction of sp³-hybridized carbons (Fsp3) is 0.300. The lowest BCUT2D eigenvalue weighted by Crippen LogP contribution is -2.51. The second-order valence-electron chi connectivity index (χ2n) is 6.23. The van der Waals surface area contributed by atoms with Crippen molar-refractivity contribution in [1.29, 1.82) is 0 Å². The number of likely N-dealkylation sites (N-methyl/N-ethyl adjacent to an activating group) is 1. The molecule has 0 spiro atoms. The Bertz CT molecular complexity index is 834. The van der Waals surface area contributed by atoms with Crippen LogP contribution >= 0.6 is 0 Å². The molecule has 6 nitrogen and oxygen atoms in total. The lowest BCUT2D eigenvalue weighted by Gasteiger charge is -2.33. The van der Waals surface area contributed by atoms with Crippen molar-refractivity contribution < 1.29 is 19.1 Å². The molecule has 0 bridgehead atoms. The van der Waals surface area contributed by atoms with Crippen molar-refractivity contribution in [2.24, 2.45) is 0 Å². The van der Waals surface area contributed by atoms with Gasteiger partial charge in [0.15, 0.2) is 12.7 Å². The van der Waals surface area contributed by atoms with E-state index >= 15 is 0 Å².